The fourth-order valence-electron chi connectivity index (χ4n) is 3.78. The summed E-state index contributed by atoms with van der Waals surface area (Å²) in [6.07, 6.45) is 6.84. The van der Waals surface area contributed by atoms with Gasteiger partial charge >= 0.3 is 0 Å². The standard InChI is InChI=1S/C17H36N2/c1-13(2)11-12-19(15-9-7-8-10-15)16(14(3)18)17(4,5)6/h13-16H,7-12,18H2,1-6H3. The van der Waals surface area contributed by atoms with Crippen LogP contribution in [0.1, 0.15) is 73.6 Å². The molecular formula is C17H36N2. The Kier molecular flexibility index (Phi) is 6.32. The topological polar surface area (TPSA) is 29.3 Å². The van der Waals surface area contributed by atoms with E-state index in [-0.39, 0.29) is 11.5 Å². The minimum Gasteiger partial charge on any atom is -0.327 e. The molecule has 1 saturated carbocycles. The van der Waals surface area contributed by atoms with Gasteiger partial charge in [0, 0.05) is 18.1 Å². The van der Waals surface area contributed by atoms with Crippen LogP contribution in [0.2, 0.25) is 0 Å². The quantitative estimate of drug-likeness (QED) is 0.788. The van der Waals surface area contributed by atoms with Crippen LogP contribution in [0.5, 0.6) is 0 Å². The van der Waals surface area contributed by atoms with Gasteiger partial charge in [-0.1, -0.05) is 47.5 Å². The Labute approximate surface area is 121 Å². The number of nitrogens with two attached hydrogens (primary N) is 1. The predicted molar refractivity (Wildman–Crippen MR) is 85.3 cm³/mol. The molecule has 0 radical (unpaired) electrons. The third kappa shape index (κ3) is 5.07. The van der Waals surface area contributed by atoms with Gasteiger partial charge in [0.1, 0.15) is 0 Å². The number of hydrogen-bond acceptors (Lipinski definition) is 2. The fraction of sp³-hybridized carbons (Fsp3) is 1.00. The van der Waals surface area contributed by atoms with Gasteiger partial charge in [-0.05, 0) is 44.1 Å². The van der Waals surface area contributed by atoms with Gasteiger partial charge in [0.05, 0.1) is 0 Å². The number of rotatable bonds is 6. The Balaban J connectivity index is 2.84. The van der Waals surface area contributed by atoms with Crippen molar-refractivity contribution in [1.29, 1.82) is 0 Å². The summed E-state index contributed by atoms with van der Waals surface area (Å²) in [5.74, 6) is 0.776. The first kappa shape index (κ1) is 17.0. The van der Waals surface area contributed by atoms with Crippen LogP contribution in [0.3, 0.4) is 0 Å². The largest absolute Gasteiger partial charge is 0.327 e. The Morgan fingerprint density at radius 1 is 1.11 bits per heavy atom. The number of nitrogens with zero attached hydrogens (tertiary/aromatic N) is 1. The molecule has 0 bridgehead atoms. The van der Waals surface area contributed by atoms with Crippen LogP contribution < -0.4 is 5.73 Å². The molecule has 0 heterocycles. The summed E-state index contributed by atoms with van der Waals surface area (Å²) >= 11 is 0. The summed E-state index contributed by atoms with van der Waals surface area (Å²) in [5.41, 5.74) is 6.61. The number of hydrogen-bond donors (Lipinski definition) is 1. The van der Waals surface area contributed by atoms with Crippen LogP contribution in [-0.2, 0) is 0 Å². The van der Waals surface area contributed by atoms with Crippen molar-refractivity contribution in [3.8, 4) is 0 Å². The van der Waals surface area contributed by atoms with E-state index >= 15 is 0 Å². The van der Waals surface area contributed by atoms with Crippen LogP contribution in [-0.4, -0.2) is 29.6 Å². The van der Waals surface area contributed by atoms with Gasteiger partial charge in [0.15, 0.2) is 0 Å². The van der Waals surface area contributed by atoms with Gasteiger partial charge in [0.25, 0.3) is 0 Å². The molecule has 1 fully saturated rings. The highest BCUT2D eigenvalue weighted by atomic mass is 15.2. The third-order valence-electron chi connectivity index (χ3n) is 4.50. The van der Waals surface area contributed by atoms with Crippen LogP contribution in [0.15, 0.2) is 0 Å². The molecule has 2 heteroatoms. The smallest absolute Gasteiger partial charge is 0.0295 e. The van der Waals surface area contributed by atoms with Crippen LogP contribution in [0.4, 0.5) is 0 Å². The second-order valence-electron chi connectivity index (χ2n) is 8.03. The minimum atomic E-state index is 0.243. The molecule has 2 atom stereocenters. The van der Waals surface area contributed by atoms with E-state index in [4.69, 9.17) is 5.73 Å². The molecule has 0 amide bonds. The Bertz CT molecular complexity index is 246. The lowest BCUT2D eigenvalue weighted by molar-refractivity contribution is 0.0416. The summed E-state index contributed by atoms with van der Waals surface area (Å²) in [7, 11) is 0. The van der Waals surface area contributed by atoms with Crippen molar-refractivity contribution in [2.75, 3.05) is 6.54 Å². The molecule has 19 heavy (non-hydrogen) atoms. The van der Waals surface area contributed by atoms with Gasteiger partial charge in [-0.25, -0.2) is 0 Å². The van der Waals surface area contributed by atoms with Gasteiger partial charge in [-0.2, -0.15) is 0 Å². The van der Waals surface area contributed by atoms with E-state index in [2.05, 4.69) is 46.4 Å². The van der Waals surface area contributed by atoms with Gasteiger partial charge in [0.2, 0.25) is 0 Å². The van der Waals surface area contributed by atoms with E-state index in [0.717, 1.165) is 12.0 Å². The van der Waals surface area contributed by atoms with Crippen molar-refractivity contribution in [3.05, 3.63) is 0 Å². The monoisotopic (exact) mass is 268 g/mol. The minimum absolute atomic E-state index is 0.243. The first-order valence-electron chi connectivity index (χ1n) is 8.24. The van der Waals surface area contributed by atoms with E-state index in [9.17, 15) is 0 Å². The maximum Gasteiger partial charge on any atom is 0.0295 e. The molecular weight excluding hydrogens is 232 g/mol. The van der Waals surface area contributed by atoms with Crippen LogP contribution >= 0.6 is 0 Å². The first-order chi connectivity index (χ1) is 8.73. The summed E-state index contributed by atoms with van der Waals surface area (Å²) in [5, 5.41) is 0. The lowest BCUT2D eigenvalue weighted by atomic mass is 9.80. The summed E-state index contributed by atoms with van der Waals surface area (Å²) in [6.45, 7) is 15.1. The zero-order chi connectivity index (χ0) is 14.6. The van der Waals surface area contributed by atoms with Crippen molar-refractivity contribution in [2.45, 2.75) is 91.8 Å². The molecule has 0 aromatic carbocycles. The summed E-state index contributed by atoms with van der Waals surface area (Å²) in [6, 6.07) is 1.51. The molecule has 2 N–H and O–H groups in total. The second kappa shape index (κ2) is 7.08. The maximum absolute atomic E-state index is 6.36. The van der Waals surface area contributed by atoms with Crippen molar-refractivity contribution in [1.82, 2.24) is 4.90 Å². The molecule has 0 aromatic rings. The van der Waals surface area contributed by atoms with Crippen molar-refractivity contribution in [2.24, 2.45) is 17.1 Å². The predicted octanol–water partition coefficient (Wildman–Crippen LogP) is 4.04. The fourth-order valence-corrected chi connectivity index (χ4v) is 3.78. The first-order valence-corrected chi connectivity index (χ1v) is 8.24. The molecule has 1 aliphatic carbocycles. The molecule has 0 saturated heterocycles. The molecule has 0 aromatic heterocycles. The van der Waals surface area contributed by atoms with E-state index in [1.807, 2.05) is 0 Å². The Morgan fingerprint density at radius 3 is 2.00 bits per heavy atom. The van der Waals surface area contributed by atoms with E-state index in [0.29, 0.717) is 6.04 Å². The van der Waals surface area contributed by atoms with Crippen LogP contribution in [0, 0.1) is 11.3 Å². The zero-order valence-electron chi connectivity index (χ0n) is 14.1. The molecule has 1 rings (SSSR count). The molecule has 2 nitrogen and oxygen atoms in total. The molecule has 1 aliphatic rings. The highest BCUT2D eigenvalue weighted by Gasteiger charge is 2.37. The van der Waals surface area contributed by atoms with E-state index in [1.54, 1.807) is 0 Å². The van der Waals surface area contributed by atoms with E-state index in [1.165, 1.54) is 38.6 Å². The van der Waals surface area contributed by atoms with Gasteiger partial charge in [-0.15, -0.1) is 0 Å². The van der Waals surface area contributed by atoms with Crippen molar-refractivity contribution < 1.29 is 0 Å². The van der Waals surface area contributed by atoms with E-state index < -0.39 is 0 Å². The third-order valence-corrected chi connectivity index (χ3v) is 4.50. The summed E-state index contributed by atoms with van der Waals surface area (Å²) in [4.78, 5) is 2.76. The van der Waals surface area contributed by atoms with Crippen molar-refractivity contribution in [3.63, 3.8) is 0 Å². The summed E-state index contributed by atoms with van der Waals surface area (Å²) < 4.78 is 0. The average molecular weight is 268 g/mol. The molecule has 0 spiro atoms. The van der Waals surface area contributed by atoms with Crippen molar-refractivity contribution >= 4 is 0 Å². The highest BCUT2D eigenvalue weighted by Crippen LogP contribution is 2.33. The second-order valence-corrected chi connectivity index (χ2v) is 8.03. The highest BCUT2D eigenvalue weighted by molar-refractivity contribution is 4.93. The molecule has 0 aliphatic heterocycles. The molecule has 2 unspecified atom stereocenters. The van der Waals surface area contributed by atoms with Gasteiger partial charge < -0.3 is 5.73 Å². The lowest BCUT2D eigenvalue weighted by Gasteiger charge is -2.46. The maximum atomic E-state index is 6.36. The Morgan fingerprint density at radius 2 is 1.63 bits per heavy atom. The molecule has 114 valence electrons. The average Bonchev–Trinajstić information content (AvgIpc) is 2.73. The van der Waals surface area contributed by atoms with Crippen LogP contribution in [0.25, 0.3) is 0 Å². The lowest BCUT2D eigenvalue weighted by Crippen LogP contribution is -2.56. The normalized spacial score (nSPS) is 21.3. The SMILES string of the molecule is CC(C)CCN(C1CCCC1)C(C(C)N)C(C)(C)C. The zero-order valence-corrected chi connectivity index (χ0v) is 14.1. The Hall–Kier alpha value is -0.0800. The van der Waals surface area contributed by atoms with Gasteiger partial charge in [-0.3, -0.25) is 4.90 Å².